The molecule has 0 amide bonds. The molecule has 1 saturated heterocycles. The molecule has 0 aromatic rings. The average molecular weight is 338 g/mol. The Morgan fingerprint density at radius 2 is 2.00 bits per heavy atom. The molecule has 8 atom stereocenters. The molecule has 0 aromatic heterocycles. The molecule has 5 unspecified atom stereocenters. The number of allylic oxidation sites excluding steroid dienone is 4. The zero-order chi connectivity index (χ0) is 17.0. The van der Waals surface area contributed by atoms with Crippen LogP contribution in [-0.2, 0) is 14.3 Å². The number of fused-ring (bicyclic) bond motifs is 9. The summed E-state index contributed by atoms with van der Waals surface area (Å²) in [5, 5.41) is 0. The molecule has 5 aliphatic carbocycles. The summed E-state index contributed by atoms with van der Waals surface area (Å²) < 4.78 is 6.12. The molecule has 3 saturated carbocycles. The summed E-state index contributed by atoms with van der Waals surface area (Å²) in [6.45, 7) is 2.43. The molecule has 0 aromatic carbocycles. The van der Waals surface area contributed by atoms with E-state index >= 15 is 0 Å². The van der Waals surface area contributed by atoms with Crippen molar-refractivity contribution in [1.82, 2.24) is 0 Å². The maximum Gasteiger partial charge on any atom is 0.306 e. The van der Waals surface area contributed by atoms with Crippen molar-refractivity contribution < 1.29 is 14.3 Å². The maximum absolute atomic E-state index is 12.0. The van der Waals surface area contributed by atoms with Crippen molar-refractivity contribution in [1.29, 1.82) is 0 Å². The first-order valence-electron chi connectivity index (χ1n) is 10.2. The second-order valence-electron chi connectivity index (χ2n) is 9.71. The Balaban J connectivity index is 1.41. The summed E-state index contributed by atoms with van der Waals surface area (Å²) in [6.07, 6.45) is 13.6. The lowest BCUT2D eigenvalue weighted by Gasteiger charge is -2.55. The van der Waals surface area contributed by atoms with Crippen molar-refractivity contribution in [3.63, 3.8) is 0 Å². The van der Waals surface area contributed by atoms with Crippen LogP contribution in [0.25, 0.3) is 0 Å². The fourth-order valence-corrected chi connectivity index (χ4v) is 8.01. The third kappa shape index (κ3) is 1.64. The van der Waals surface area contributed by atoms with Crippen LogP contribution in [0.3, 0.4) is 0 Å². The second-order valence-corrected chi connectivity index (χ2v) is 9.71. The maximum atomic E-state index is 12.0. The lowest BCUT2D eigenvalue weighted by Crippen LogP contribution is -2.54. The Morgan fingerprint density at radius 3 is 2.80 bits per heavy atom. The van der Waals surface area contributed by atoms with E-state index in [4.69, 9.17) is 4.74 Å². The monoisotopic (exact) mass is 338 g/mol. The first kappa shape index (κ1) is 14.8. The molecular weight excluding hydrogens is 312 g/mol. The fourth-order valence-electron chi connectivity index (χ4n) is 8.01. The standard InChI is InChI=1S/C22H26O3/c1-21-8-6-15-14-5-3-13(23)10-12(14)2-4-16(15)20(21)17-11-18(17)22(21)9-7-19(24)25-22/h2,4,10,14-18,20H,3,5-9,11H2,1H3/t14-,15?,16?,17?,18?,20?,21-,22-/m0/s1. The highest BCUT2D eigenvalue weighted by Crippen LogP contribution is 2.77. The summed E-state index contributed by atoms with van der Waals surface area (Å²) in [7, 11) is 0. The van der Waals surface area contributed by atoms with E-state index in [-0.39, 0.29) is 17.0 Å². The van der Waals surface area contributed by atoms with Crippen LogP contribution < -0.4 is 0 Å². The van der Waals surface area contributed by atoms with Crippen molar-refractivity contribution in [2.75, 3.05) is 0 Å². The molecule has 0 bridgehead atoms. The molecular formula is C22H26O3. The Kier molecular flexibility index (Phi) is 2.64. The van der Waals surface area contributed by atoms with Gasteiger partial charge in [-0.3, -0.25) is 9.59 Å². The Hall–Kier alpha value is -1.38. The van der Waals surface area contributed by atoms with Gasteiger partial charge in [0.1, 0.15) is 5.60 Å². The van der Waals surface area contributed by atoms with Crippen LogP contribution in [0.1, 0.15) is 51.9 Å². The number of rotatable bonds is 0. The molecule has 1 heterocycles. The smallest absolute Gasteiger partial charge is 0.306 e. The number of esters is 1. The first-order chi connectivity index (χ1) is 12.0. The van der Waals surface area contributed by atoms with Crippen LogP contribution in [0.15, 0.2) is 23.8 Å². The quantitative estimate of drug-likeness (QED) is 0.630. The van der Waals surface area contributed by atoms with Crippen LogP contribution in [0.2, 0.25) is 0 Å². The molecule has 1 aliphatic heterocycles. The van der Waals surface area contributed by atoms with Crippen LogP contribution in [0, 0.1) is 40.9 Å². The van der Waals surface area contributed by atoms with Gasteiger partial charge in [-0.1, -0.05) is 19.1 Å². The largest absolute Gasteiger partial charge is 0.458 e. The van der Waals surface area contributed by atoms with Gasteiger partial charge < -0.3 is 4.74 Å². The van der Waals surface area contributed by atoms with E-state index in [1.54, 1.807) is 0 Å². The van der Waals surface area contributed by atoms with Gasteiger partial charge in [-0.25, -0.2) is 0 Å². The first-order valence-corrected chi connectivity index (χ1v) is 10.2. The lowest BCUT2D eigenvalue weighted by molar-refractivity contribution is -0.171. The van der Waals surface area contributed by atoms with Gasteiger partial charge in [-0.15, -0.1) is 0 Å². The predicted octanol–water partition coefficient (Wildman–Crippen LogP) is 3.84. The highest BCUT2D eigenvalue weighted by molar-refractivity contribution is 5.92. The molecule has 3 nitrogen and oxygen atoms in total. The third-order valence-electron chi connectivity index (χ3n) is 8.99. The van der Waals surface area contributed by atoms with E-state index in [0.29, 0.717) is 41.8 Å². The molecule has 132 valence electrons. The summed E-state index contributed by atoms with van der Waals surface area (Å²) in [4.78, 5) is 23.8. The number of ether oxygens (including phenoxy) is 1. The number of ketones is 1. The Labute approximate surface area is 148 Å². The summed E-state index contributed by atoms with van der Waals surface area (Å²) in [6, 6.07) is 0. The van der Waals surface area contributed by atoms with Gasteiger partial charge in [0.05, 0.1) is 0 Å². The second kappa shape index (κ2) is 4.47. The highest BCUT2D eigenvalue weighted by Gasteiger charge is 2.78. The SMILES string of the molecule is C[C@]12CCC3C(C=CC4=CC(=O)CC[C@@H]43)C1C1CC1[C@@]21CCC(=O)O1. The van der Waals surface area contributed by atoms with E-state index in [0.717, 1.165) is 25.2 Å². The van der Waals surface area contributed by atoms with E-state index in [9.17, 15) is 9.59 Å². The van der Waals surface area contributed by atoms with Crippen LogP contribution in [-0.4, -0.2) is 17.4 Å². The van der Waals surface area contributed by atoms with E-state index < -0.39 is 0 Å². The summed E-state index contributed by atoms with van der Waals surface area (Å²) in [5.41, 5.74) is 1.29. The fraction of sp³-hybridized carbons (Fsp3) is 0.727. The van der Waals surface area contributed by atoms with Crippen molar-refractivity contribution in [3.05, 3.63) is 23.8 Å². The molecule has 3 heteroatoms. The number of hydrogen-bond donors (Lipinski definition) is 0. The van der Waals surface area contributed by atoms with Gasteiger partial charge in [0.2, 0.25) is 0 Å². The van der Waals surface area contributed by atoms with Crippen LogP contribution in [0.4, 0.5) is 0 Å². The van der Waals surface area contributed by atoms with Gasteiger partial charge in [-0.2, -0.15) is 0 Å². The number of hydrogen-bond acceptors (Lipinski definition) is 3. The third-order valence-corrected chi connectivity index (χ3v) is 8.99. The van der Waals surface area contributed by atoms with Gasteiger partial charge in [0.25, 0.3) is 0 Å². The topological polar surface area (TPSA) is 43.4 Å². The van der Waals surface area contributed by atoms with Gasteiger partial charge in [-0.05, 0) is 73.3 Å². The predicted molar refractivity (Wildman–Crippen MR) is 92.4 cm³/mol. The number of carbonyl (C=O) groups is 2. The normalized spacial score (nSPS) is 55.2. The highest BCUT2D eigenvalue weighted by atomic mass is 16.6. The van der Waals surface area contributed by atoms with Crippen molar-refractivity contribution >= 4 is 11.8 Å². The summed E-state index contributed by atoms with van der Waals surface area (Å²) >= 11 is 0. The molecule has 6 aliphatic rings. The van der Waals surface area contributed by atoms with E-state index in [1.807, 2.05) is 6.08 Å². The minimum Gasteiger partial charge on any atom is -0.458 e. The number of carbonyl (C=O) groups excluding carboxylic acids is 2. The average Bonchev–Trinajstić information content (AvgIpc) is 3.23. The van der Waals surface area contributed by atoms with Gasteiger partial charge in [0.15, 0.2) is 5.78 Å². The zero-order valence-corrected chi connectivity index (χ0v) is 14.9. The Bertz CT molecular complexity index is 748. The van der Waals surface area contributed by atoms with Gasteiger partial charge >= 0.3 is 5.97 Å². The minimum absolute atomic E-state index is 0.0323. The van der Waals surface area contributed by atoms with Crippen LogP contribution >= 0.6 is 0 Å². The summed E-state index contributed by atoms with van der Waals surface area (Å²) in [5.74, 6) is 4.25. The van der Waals surface area contributed by atoms with E-state index in [2.05, 4.69) is 19.1 Å². The van der Waals surface area contributed by atoms with Crippen molar-refractivity contribution in [2.24, 2.45) is 40.9 Å². The molecule has 0 N–H and O–H groups in total. The van der Waals surface area contributed by atoms with Crippen molar-refractivity contribution in [3.8, 4) is 0 Å². The minimum atomic E-state index is -0.156. The molecule has 0 radical (unpaired) electrons. The molecule has 25 heavy (non-hydrogen) atoms. The lowest BCUT2D eigenvalue weighted by atomic mass is 9.50. The van der Waals surface area contributed by atoms with Gasteiger partial charge in [0, 0.05) is 24.2 Å². The zero-order valence-electron chi connectivity index (χ0n) is 14.9. The molecule has 1 spiro atoms. The van der Waals surface area contributed by atoms with E-state index in [1.165, 1.54) is 24.8 Å². The molecule has 4 fully saturated rings. The van der Waals surface area contributed by atoms with Crippen LogP contribution in [0.5, 0.6) is 0 Å². The van der Waals surface area contributed by atoms with Crippen molar-refractivity contribution in [2.45, 2.75) is 57.5 Å². The molecule has 6 rings (SSSR count). The Morgan fingerprint density at radius 1 is 1.12 bits per heavy atom.